The minimum Gasteiger partial charge on any atom is -0.493 e. The standard InChI is InChI=1S/C14H17NO2S/c18-8-5-15-4-7-17-14(10-15)11-1-2-13-12(9-11)3-6-16-13/h1-2,8-9,14H,3-7,10H2. The quantitative estimate of drug-likeness (QED) is 0.778. The summed E-state index contributed by atoms with van der Waals surface area (Å²) < 4.78 is 11.4. The second-order valence-electron chi connectivity index (χ2n) is 4.75. The van der Waals surface area contributed by atoms with Crippen LogP contribution in [0.1, 0.15) is 17.2 Å². The summed E-state index contributed by atoms with van der Waals surface area (Å²) in [6.45, 7) is 4.34. The Bertz CT molecular complexity index is 449. The number of rotatable bonds is 3. The molecule has 0 aliphatic carbocycles. The molecule has 0 aromatic heterocycles. The highest BCUT2D eigenvalue weighted by Gasteiger charge is 2.23. The van der Waals surface area contributed by atoms with Crippen molar-refractivity contribution in [1.29, 1.82) is 0 Å². The molecule has 0 bridgehead atoms. The van der Waals surface area contributed by atoms with E-state index in [0.29, 0.717) is 0 Å². The Labute approximate surface area is 113 Å². The molecular weight excluding hydrogens is 246 g/mol. The van der Waals surface area contributed by atoms with Gasteiger partial charge in [0.15, 0.2) is 0 Å². The monoisotopic (exact) mass is 263 g/mol. The summed E-state index contributed by atoms with van der Waals surface area (Å²) in [6.07, 6.45) is 1.18. The van der Waals surface area contributed by atoms with Gasteiger partial charge in [0.2, 0.25) is 0 Å². The summed E-state index contributed by atoms with van der Waals surface area (Å²) in [7, 11) is 0. The number of hydrogen-bond donors (Lipinski definition) is 0. The molecule has 1 fully saturated rings. The minimum absolute atomic E-state index is 0.166. The molecule has 3 rings (SSSR count). The van der Waals surface area contributed by atoms with Crippen LogP contribution in [-0.4, -0.2) is 43.1 Å². The SMILES string of the molecule is S=CCN1CCOC(c2ccc3c(c2)CCO3)C1. The van der Waals surface area contributed by atoms with Crippen molar-refractivity contribution in [2.75, 3.05) is 32.8 Å². The first-order valence-corrected chi connectivity index (χ1v) is 6.87. The molecule has 0 saturated carbocycles. The van der Waals surface area contributed by atoms with E-state index in [1.807, 2.05) is 0 Å². The summed E-state index contributed by atoms with van der Waals surface area (Å²) in [5, 5.41) is 1.79. The molecule has 0 amide bonds. The number of fused-ring (bicyclic) bond motifs is 1. The third kappa shape index (κ3) is 2.41. The van der Waals surface area contributed by atoms with Crippen molar-refractivity contribution in [1.82, 2.24) is 4.90 Å². The molecule has 1 aromatic carbocycles. The van der Waals surface area contributed by atoms with Gasteiger partial charge >= 0.3 is 0 Å². The zero-order chi connectivity index (χ0) is 12.4. The van der Waals surface area contributed by atoms with Gasteiger partial charge in [0.1, 0.15) is 5.75 Å². The fraction of sp³-hybridized carbons (Fsp3) is 0.500. The van der Waals surface area contributed by atoms with E-state index in [9.17, 15) is 0 Å². The van der Waals surface area contributed by atoms with Crippen molar-refractivity contribution >= 4 is 17.6 Å². The Hall–Kier alpha value is -0.970. The second-order valence-corrected chi connectivity index (χ2v) is 5.08. The van der Waals surface area contributed by atoms with Gasteiger partial charge in [0.25, 0.3) is 0 Å². The smallest absolute Gasteiger partial charge is 0.122 e. The van der Waals surface area contributed by atoms with E-state index in [2.05, 4.69) is 23.1 Å². The third-order valence-electron chi connectivity index (χ3n) is 3.57. The predicted octanol–water partition coefficient (Wildman–Crippen LogP) is 1.99. The van der Waals surface area contributed by atoms with Crippen LogP contribution in [0.25, 0.3) is 0 Å². The van der Waals surface area contributed by atoms with Crippen LogP contribution in [0.5, 0.6) is 5.75 Å². The maximum atomic E-state index is 5.87. The van der Waals surface area contributed by atoms with E-state index < -0.39 is 0 Å². The highest BCUT2D eigenvalue weighted by atomic mass is 32.1. The number of benzene rings is 1. The first-order chi connectivity index (χ1) is 8.86. The maximum absolute atomic E-state index is 5.87. The molecule has 2 aliphatic rings. The molecule has 0 radical (unpaired) electrons. The molecule has 1 unspecified atom stereocenters. The predicted molar refractivity (Wildman–Crippen MR) is 74.4 cm³/mol. The normalized spacial score (nSPS) is 23.4. The Morgan fingerprint density at radius 2 is 2.33 bits per heavy atom. The summed E-state index contributed by atoms with van der Waals surface area (Å²) in [5.74, 6) is 1.03. The van der Waals surface area contributed by atoms with Crippen LogP contribution >= 0.6 is 12.2 Å². The molecule has 2 heterocycles. The third-order valence-corrected chi connectivity index (χ3v) is 3.72. The van der Waals surface area contributed by atoms with Crippen molar-refractivity contribution in [3.63, 3.8) is 0 Å². The summed E-state index contributed by atoms with van der Waals surface area (Å²) in [5.41, 5.74) is 2.57. The Morgan fingerprint density at radius 3 is 3.22 bits per heavy atom. The lowest BCUT2D eigenvalue weighted by Gasteiger charge is -2.32. The Balaban J connectivity index is 1.75. The second kappa shape index (κ2) is 5.34. The van der Waals surface area contributed by atoms with Gasteiger partial charge in [0, 0.05) is 26.1 Å². The van der Waals surface area contributed by atoms with Crippen LogP contribution in [-0.2, 0) is 11.2 Å². The summed E-state index contributed by atoms with van der Waals surface area (Å²) in [4.78, 5) is 2.34. The van der Waals surface area contributed by atoms with Crippen molar-refractivity contribution in [2.45, 2.75) is 12.5 Å². The zero-order valence-electron chi connectivity index (χ0n) is 10.3. The van der Waals surface area contributed by atoms with Gasteiger partial charge in [-0.05, 0) is 28.6 Å². The lowest BCUT2D eigenvalue weighted by Crippen LogP contribution is -2.39. The summed E-state index contributed by atoms with van der Waals surface area (Å²) in [6, 6.07) is 6.42. The van der Waals surface area contributed by atoms with Gasteiger partial charge in [-0.15, -0.1) is 0 Å². The van der Waals surface area contributed by atoms with E-state index in [-0.39, 0.29) is 6.10 Å². The molecule has 0 N–H and O–H groups in total. The van der Waals surface area contributed by atoms with E-state index in [0.717, 1.165) is 45.0 Å². The molecule has 3 nitrogen and oxygen atoms in total. The van der Waals surface area contributed by atoms with Crippen LogP contribution < -0.4 is 4.74 Å². The fourth-order valence-corrected chi connectivity index (χ4v) is 2.79. The van der Waals surface area contributed by atoms with Crippen molar-refractivity contribution in [3.8, 4) is 5.75 Å². The highest BCUT2D eigenvalue weighted by Crippen LogP contribution is 2.30. The van der Waals surface area contributed by atoms with Crippen LogP contribution in [0.4, 0.5) is 0 Å². The fourth-order valence-electron chi connectivity index (χ4n) is 2.58. The van der Waals surface area contributed by atoms with Gasteiger partial charge in [0.05, 0.1) is 19.3 Å². The van der Waals surface area contributed by atoms with E-state index in [1.54, 1.807) is 5.37 Å². The van der Waals surface area contributed by atoms with Crippen molar-refractivity contribution in [3.05, 3.63) is 29.3 Å². The van der Waals surface area contributed by atoms with Gasteiger partial charge in [-0.1, -0.05) is 18.3 Å². The number of thiocarbonyl (C=S) groups is 1. The molecular formula is C14H17NO2S. The van der Waals surface area contributed by atoms with Gasteiger partial charge < -0.3 is 9.47 Å². The molecule has 1 atom stereocenters. The molecule has 0 spiro atoms. The van der Waals surface area contributed by atoms with Gasteiger partial charge in [-0.2, -0.15) is 0 Å². The Kier molecular flexibility index (Phi) is 3.59. The van der Waals surface area contributed by atoms with E-state index >= 15 is 0 Å². The average Bonchev–Trinajstić information content (AvgIpc) is 2.86. The first kappa shape index (κ1) is 12.1. The molecule has 2 aliphatic heterocycles. The lowest BCUT2D eigenvalue weighted by molar-refractivity contribution is -0.0242. The summed E-state index contributed by atoms with van der Waals surface area (Å²) >= 11 is 4.93. The van der Waals surface area contributed by atoms with E-state index in [4.69, 9.17) is 21.7 Å². The topological polar surface area (TPSA) is 21.7 Å². The van der Waals surface area contributed by atoms with Crippen molar-refractivity contribution in [2.24, 2.45) is 0 Å². The van der Waals surface area contributed by atoms with Crippen LogP contribution in [0.15, 0.2) is 18.2 Å². The van der Waals surface area contributed by atoms with Crippen molar-refractivity contribution < 1.29 is 9.47 Å². The van der Waals surface area contributed by atoms with Gasteiger partial charge in [-0.25, -0.2) is 0 Å². The average molecular weight is 263 g/mol. The molecule has 1 saturated heterocycles. The zero-order valence-corrected chi connectivity index (χ0v) is 11.1. The molecule has 18 heavy (non-hydrogen) atoms. The highest BCUT2D eigenvalue weighted by molar-refractivity contribution is 7.79. The van der Waals surface area contributed by atoms with Gasteiger partial charge in [-0.3, -0.25) is 4.90 Å². The maximum Gasteiger partial charge on any atom is 0.122 e. The molecule has 1 aromatic rings. The number of morpholine rings is 1. The van der Waals surface area contributed by atoms with Crippen LogP contribution in [0, 0.1) is 0 Å². The number of hydrogen-bond acceptors (Lipinski definition) is 4. The number of ether oxygens (including phenoxy) is 2. The largest absolute Gasteiger partial charge is 0.493 e. The Morgan fingerprint density at radius 1 is 1.39 bits per heavy atom. The molecule has 4 heteroatoms. The molecule has 96 valence electrons. The van der Waals surface area contributed by atoms with E-state index in [1.165, 1.54) is 11.1 Å². The minimum atomic E-state index is 0.166. The number of nitrogens with zero attached hydrogens (tertiary/aromatic N) is 1. The van der Waals surface area contributed by atoms with Crippen LogP contribution in [0.2, 0.25) is 0 Å². The first-order valence-electron chi connectivity index (χ1n) is 6.40. The lowest BCUT2D eigenvalue weighted by atomic mass is 10.0. The van der Waals surface area contributed by atoms with Crippen LogP contribution in [0.3, 0.4) is 0 Å².